The maximum absolute atomic E-state index is 14.4. The largest absolute Gasteiger partial charge is 0.397 e. The third-order valence-electron chi connectivity index (χ3n) is 5.33. The number of hydrogen-bond acceptors (Lipinski definition) is 7. The molecule has 6 N–H and O–H groups in total. The van der Waals surface area contributed by atoms with Crippen molar-refractivity contribution in [1.29, 1.82) is 5.53 Å². The molecule has 0 aromatic heterocycles. The molecular weight excluding hydrogens is 399 g/mol. The number of likely N-dealkylation sites (tertiary alicyclic amines) is 1. The number of carbonyl (C=O) groups excluding carboxylic acids is 1. The number of nitrogens with two attached hydrogens (primary N) is 1. The number of aliphatic hydroxyl groups is 1. The van der Waals surface area contributed by atoms with Crippen LogP contribution in [-0.2, 0) is 0 Å². The van der Waals surface area contributed by atoms with Gasteiger partial charge in [0.25, 0.3) is 5.91 Å². The highest BCUT2D eigenvalue weighted by Gasteiger charge is 2.44. The average molecular weight is 429 g/mol. The Morgan fingerprint density at radius 2 is 2.06 bits per heavy atom. The van der Waals surface area contributed by atoms with Crippen molar-refractivity contribution in [3.63, 3.8) is 0 Å². The molecule has 31 heavy (non-hydrogen) atoms. The number of halogens is 1. The first kappa shape index (κ1) is 22.6. The van der Waals surface area contributed by atoms with Crippen molar-refractivity contribution in [2.75, 3.05) is 37.2 Å². The molecule has 2 aromatic carbocycles. The molecule has 0 spiro atoms. The van der Waals surface area contributed by atoms with Gasteiger partial charge in [-0.15, -0.1) is 0 Å². The molecule has 1 aliphatic rings. The first-order chi connectivity index (χ1) is 14.8. The second kappa shape index (κ2) is 9.40. The molecular formula is C22H29FN6O2. The number of benzene rings is 2. The lowest BCUT2D eigenvalue weighted by molar-refractivity contribution is -0.0784. The summed E-state index contributed by atoms with van der Waals surface area (Å²) in [6.07, 6.45) is 2.09. The van der Waals surface area contributed by atoms with E-state index in [9.17, 15) is 14.3 Å². The van der Waals surface area contributed by atoms with E-state index in [4.69, 9.17) is 11.3 Å². The summed E-state index contributed by atoms with van der Waals surface area (Å²) in [4.78, 5) is 14.6. The zero-order valence-electron chi connectivity index (χ0n) is 17.8. The van der Waals surface area contributed by atoms with Crippen molar-refractivity contribution >= 4 is 28.7 Å². The lowest BCUT2D eigenvalue weighted by Gasteiger charge is -2.46. The van der Waals surface area contributed by atoms with Crippen LogP contribution in [0.2, 0.25) is 0 Å². The Morgan fingerprint density at radius 1 is 1.32 bits per heavy atom. The summed E-state index contributed by atoms with van der Waals surface area (Å²) in [7, 11) is 0. The smallest absolute Gasteiger partial charge is 0.256 e. The molecule has 2 aromatic rings. The predicted octanol–water partition coefficient (Wildman–Crippen LogP) is 3.70. The molecule has 0 bridgehead atoms. The van der Waals surface area contributed by atoms with Crippen molar-refractivity contribution in [3.05, 3.63) is 47.3 Å². The SMILES string of the molecule is CCCCNCC1(O)CN(C(=O)c2cc(N)c(N=N)cc2Nc2ccc(C)cc2F)C1. The first-order valence-corrected chi connectivity index (χ1v) is 10.3. The van der Waals surface area contributed by atoms with Crippen molar-refractivity contribution in [3.8, 4) is 0 Å². The highest BCUT2D eigenvalue weighted by molar-refractivity contribution is 6.03. The zero-order valence-corrected chi connectivity index (χ0v) is 17.8. The maximum Gasteiger partial charge on any atom is 0.256 e. The molecule has 0 unspecified atom stereocenters. The summed E-state index contributed by atoms with van der Waals surface area (Å²) in [6, 6.07) is 7.60. The molecule has 8 nitrogen and oxygen atoms in total. The Morgan fingerprint density at radius 3 is 2.71 bits per heavy atom. The van der Waals surface area contributed by atoms with Crippen molar-refractivity contribution in [1.82, 2.24) is 10.2 Å². The lowest BCUT2D eigenvalue weighted by atomic mass is 9.92. The van der Waals surface area contributed by atoms with E-state index in [0.29, 0.717) is 12.2 Å². The van der Waals surface area contributed by atoms with E-state index in [1.165, 1.54) is 23.1 Å². The van der Waals surface area contributed by atoms with Gasteiger partial charge in [-0.05, 0) is 49.7 Å². The summed E-state index contributed by atoms with van der Waals surface area (Å²) >= 11 is 0. The number of carbonyl (C=O) groups is 1. The maximum atomic E-state index is 14.4. The Hall–Kier alpha value is -3.04. The minimum atomic E-state index is -0.970. The van der Waals surface area contributed by atoms with Crippen LogP contribution in [0.3, 0.4) is 0 Å². The second-order valence-corrected chi connectivity index (χ2v) is 8.09. The highest BCUT2D eigenvalue weighted by Crippen LogP contribution is 2.34. The molecule has 1 amide bonds. The Balaban J connectivity index is 1.79. The number of β-amino-alcohol motifs (C(OH)–C–C–N with tert-alkyl or cyclic N) is 1. The fraction of sp³-hybridized carbons (Fsp3) is 0.409. The van der Waals surface area contributed by atoms with Crippen LogP contribution in [0, 0.1) is 18.3 Å². The molecule has 9 heteroatoms. The number of rotatable bonds is 9. The second-order valence-electron chi connectivity index (χ2n) is 8.09. The zero-order chi connectivity index (χ0) is 22.6. The standard InChI is InChI=1S/C22H29FN6O2/c1-3-4-7-26-11-22(31)12-29(13-22)21(30)15-9-17(24)20(28-25)10-19(15)27-18-6-5-14(2)8-16(18)23/h5-6,8-10,25-27,31H,3-4,7,11-13,24H2,1-2H3. The minimum Gasteiger partial charge on any atom is -0.397 e. The lowest BCUT2D eigenvalue weighted by Crippen LogP contribution is -2.67. The Bertz CT molecular complexity index is 975. The topological polar surface area (TPSA) is 127 Å². The fourth-order valence-electron chi connectivity index (χ4n) is 3.56. The summed E-state index contributed by atoms with van der Waals surface area (Å²) in [5.41, 5.74) is 14.1. The van der Waals surface area contributed by atoms with Crippen LogP contribution < -0.4 is 16.4 Å². The molecule has 0 atom stereocenters. The van der Waals surface area contributed by atoms with E-state index in [1.807, 2.05) is 0 Å². The van der Waals surface area contributed by atoms with Gasteiger partial charge in [0.1, 0.15) is 17.1 Å². The molecule has 1 aliphatic heterocycles. The molecule has 3 rings (SSSR count). The number of anilines is 3. The van der Waals surface area contributed by atoms with Gasteiger partial charge in [-0.3, -0.25) is 4.79 Å². The van der Waals surface area contributed by atoms with E-state index in [0.717, 1.165) is 24.9 Å². The van der Waals surface area contributed by atoms with Gasteiger partial charge in [0, 0.05) is 6.54 Å². The fourth-order valence-corrected chi connectivity index (χ4v) is 3.56. The van der Waals surface area contributed by atoms with Crippen LogP contribution in [0.25, 0.3) is 0 Å². The Labute approximate surface area is 181 Å². The summed E-state index contributed by atoms with van der Waals surface area (Å²) in [5, 5.41) is 20.1. The summed E-state index contributed by atoms with van der Waals surface area (Å²) in [6.45, 7) is 5.48. The number of nitrogen functional groups attached to an aromatic ring is 1. The molecule has 0 radical (unpaired) electrons. The van der Waals surface area contributed by atoms with Crippen LogP contribution in [0.4, 0.5) is 27.1 Å². The van der Waals surface area contributed by atoms with Crippen molar-refractivity contribution < 1.29 is 14.3 Å². The van der Waals surface area contributed by atoms with E-state index >= 15 is 0 Å². The normalized spacial score (nSPS) is 14.8. The van der Waals surface area contributed by atoms with Gasteiger partial charge in [0.2, 0.25) is 0 Å². The molecule has 1 saturated heterocycles. The van der Waals surface area contributed by atoms with Crippen LogP contribution in [0.15, 0.2) is 35.4 Å². The average Bonchev–Trinajstić information content (AvgIpc) is 2.71. The van der Waals surface area contributed by atoms with Crippen molar-refractivity contribution in [2.45, 2.75) is 32.3 Å². The summed E-state index contributed by atoms with van der Waals surface area (Å²) in [5.74, 6) is -0.799. The molecule has 166 valence electrons. The monoisotopic (exact) mass is 428 g/mol. The number of nitrogens with zero attached hydrogens (tertiary/aromatic N) is 2. The third-order valence-corrected chi connectivity index (χ3v) is 5.33. The van der Waals surface area contributed by atoms with Gasteiger partial charge in [-0.25, -0.2) is 9.92 Å². The van der Waals surface area contributed by atoms with E-state index in [2.05, 4.69) is 22.7 Å². The summed E-state index contributed by atoms with van der Waals surface area (Å²) < 4.78 is 14.4. The minimum absolute atomic E-state index is 0.172. The first-order valence-electron chi connectivity index (χ1n) is 10.3. The van der Waals surface area contributed by atoms with Gasteiger partial charge in [-0.1, -0.05) is 19.4 Å². The number of unbranched alkanes of at least 4 members (excludes halogenated alkanes) is 1. The number of amides is 1. The van der Waals surface area contributed by atoms with Gasteiger partial charge in [0.05, 0.1) is 35.7 Å². The number of aryl methyl sites for hydroxylation is 1. The molecule has 1 fully saturated rings. The van der Waals surface area contributed by atoms with Gasteiger partial charge < -0.3 is 26.4 Å². The number of hydrogen-bond donors (Lipinski definition) is 5. The van der Waals surface area contributed by atoms with E-state index in [1.54, 1.807) is 19.1 Å². The van der Waals surface area contributed by atoms with Gasteiger partial charge >= 0.3 is 0 Å². The van der Waals surface area contributed by atoms with E-state index < -0.39 is 11.4 Å². The highest BCUT2D eigenvalue weighted by atomic mass is 19.1. The van der Waals surface area contributed by atoms with Crippen molar-refractivity contribution in [2.24, 2.45) is 5.11 Å². The van der Waals surface area contributed by atoms with Crippen LogP contribution in [0.1, 0.15) is 35.7 Å². The molecule has 0 aliphatic carbocycles. The van der Waals surface area contributed by atoms with Crippen LogP contribution >= 0.6 is 0 Å². The quantitative estimate of drug-likeness (QED) is 0.236. The number of nitrogens with one attached hydrogen (secondary N) is 3. The van der Waals surface area contributed by atoms with Gasteiger partial charge in [-0.2, -0.15) is 5.11 Å². The predicted molar refractivity (Wildman–Crippen MR) is 119 cm³/mol. The Kier molecular flexibility index (Phi) is 6.87. The molecule has 0 saturated carbocycles. The van der Waals surface area contributed by atoms with Crippen LogP contribution in [-0.4, -0.2) is 47.7 Å². The van der Waals surface area contributed by atoms with Crippen LogP contribution in [0.5, 0.6) is 0 Å². The van der Waals surface area contributed by atoms with E-state index in [-0.39, 0.29) is 41.6 Å². The van der Waals surface area contributed by atoms with Gasteiger partial charge in [0.15, 0.2) is 0 Å². The third kappa shape index (κ3) is 5.18. The molecule has 1 heterocycles.